The second-order valence-corrected chi connectivity index (χ2v) is 3.37. The smallest absolute Gasteiger partial charge is 0.113 e. The van der Waals surface area contributed by atoms with Crippen molar-refractivity contribution in [1.29, 1.82) is 0 Å². The van der Waals surface area contributed by atoms with Gasteiger partial charge in [-0.1, -0.05) is 17.7 Å². The molecule has 0 aliphatic heterocycles. The lowest BCUT2D eigenvalue weighted by Crippen LogP contribution is -2.01. The minimum atomic E-state index is -0.249. The summed E-state index contributed by atoms with van der Waals surface area (Å²) in [5.41, 5.74) is 2.32. The molecule has 5 heteroatoms. The van der Waals surface area contributed by atoms with Crippen LogP contribution in [-0.4, -0.2) is 11.5 Å². The largest absolute Gasteiger partial charge is 0.290 e. The van der Waals surface area contributed by atoms with E-state index in [0.717, 1.165) is 6.34 Å². The van der Waals surface area contributed by atoms with E-state index in [-0.39, 0.29) is 5.83 Å². The summed E-state index contributed by atoms with van der Waals surface area (Å²) in [5, 5.41) is 8.86. The fourth-order valence-corrected chi connectivity index (χ4v) is 0.910. The van der Waals surface area contributed by atoms with Gasteiger partial charge in [0.05, 0.1) is 11.5 Å². The fraction of sp³-hybridized carbons (Fsp3) is 0.300. The molecule has 0 saturated heterocycles. The van der Waals surface area contributed by atoms with Gasteiger partial charge in [-0.2, -0.15) is 0 Å². The highest BCUT2D eigenvalue weighted by atomic mass is 35.5. The number of halogens is 2. The number of nitrogens with one attached hydrogen (secondary N) is 1. The number of nitrogens with zero attached hydrogens (tertiary/aromatic N) is 1. The van der Waals surface area contributed by atoms with E-state index < -0.39 is 0 Å². The first-order valence-electron chi connectivity index (χ1n) is 4.34. The maximum atomic E-state index is 12.4. The lowest BCUT2D eigenvalue weighted by atomic mass is 10.3. The Morgan fingerprint density at radius 1 is 1.47 bits per heavy atom. The van der Waals surface area contributed by atoms with Crippen molar-refractivity contribution in [1.82, 2.24) is 5.48 Å². The molecule has 3 nitrogen and oxygen atoms in total. The minimum Gasteiger partial charge on any atom is -0.290 e. The molecule has 84 valence electrons. The number of allylic oxidation sites excluding steroid dienone is 5. The van der Waals surface area contributed by atoms with Crippen LogP contribution in [0.2, 0.25) is 0 Å². The fourth-order valence-electron chi connectivity index (χ4n) is 0.798. The minimum absolute atomic E-state index is 0.249. The van der Waals surface area contributed by atoms with Crippen LogP contribution in [0.3, 0.4) is 0 Å². The van der Waals surface area contributed by atoms with Crippen LogP contribution in [0.15, 0.2) is 39.8 Å². The average molecular weight is 233 g/mol. The van der Waals surface area contributed by atoms with Crippen molar-refractivity contribution in [3.8, 4) is 0 Å². The zero-order valence-electron chi connectivity index (χ0n) is 8.67. The maximum Gasteiger partial charge on any atom is 0.113 e. The standard InChI is InChI=1S/C10H14ClFN2O/c1-8(11)6-10(13-7-14-15)5-3-4-9(2)12/h4-7,15H,3H2,1-2H3,(H,13,14)/b8-6+,9-4+,10-5?. The van der Waals surface area contributed by atoms with Gasteiger partial charge in [0, 0.05) is 5.03 Å². The van der Waals surface area contributed by atoms with E-state index in [1.165, 1.54) is 13.0 Å². The van der Waals surface area contributed by atoms with Crippen molar-refractivity contribution in [3.05, 3.63) is 34.8 Å². The summed E-state index contributed by atoms with van der Waals surface area (Å²) in [7, 11) is 0. The monoisotopic (exact) mass is 232 g/mol. The molecule has 0 aromatic carbocycles. The summed E-state index contributed by atoms with van der Waals surface area (Å²) in [6, 6.07) is 0. The van der Waals surface area contributed by atoms with Crippen LogP contribution in [0.25, 0.3) is 0 Å². The van der Waals surface area contributed by atoms with Crippen LogP contribution in [0.1, 0.15) is 20.3 Å². The van der Waals surface area contributed by atoms with Gasteiger partial charge in [0.2, 0.25) is 0 Å². The molecule has 0 heterocycles. The van der Waals surface area contributed by atoms with Crippen LogP contribution in [0.5, 0.6) is 0 Å². The van der Waals surface area contributed by atoms with Crippen molar-refractivity contribution in [3.63, 3.8) is 0 Å². The van der Waals surface area contributed by atoms with Crippen molar-refractivity contribution >= 4 is 17.9 Å². The van der Waals surface area contributed by atoms with Gasteiger partial charge >= 0.3 is 0 Å². The molecule has 0 rings (SSSR count). The molecular formula is C10H14ClFN2O. The van der Waals surface area contributed by atoms with Gasteiger partial charge in [0.15, 0.2) is 0 Å². The van der Waals surface area contributed by atoms with E-state index in [1.54, 1.807) is 24.6 Å². The highest BCUT2D eigenvalue weighted by Gasteiger charge is 1.89. The van der Waals surface area contributed by atoms with E-state index >= 15 is 0 Å². The number of hydrogen-bond donors (Lipinski definition) is 2. The van der Waals surface area contributed by atoms with E-state index in [2.05, 4.69) is 4.99 Å². The lowest BCUT2D eigenvalue weighted by molar-refractivity contribution is 0.240. The molecule has 0 spiro atoms. The summed E-state index contributed by atoms with van der Waals surface area (Å²) in [6.45, 7) is 3.07. The van der Waals surface area contributed by atoms with Crippen LogP contribution in [0, 0.1) is 0 Å². The Balaban J connectivity index is 4.55. The third-order valence-electron chi connectivity index (χ3n) is 1.34. The molecule has 0 aromatic rings. The van der Waals surface area contributed by atoms with Crippen molar-refractivity contribution in [2.45, 2.75) is 20.3 Å². The molecule has 15 heavy (non-hydrogen) atoms. The quantitative estimate of drug-likeness (QED) is 0.331. The SMILES string of the molecule is C/C(F)=C\CC=C(/C=C(\C)Cl)N=CNO. The summed E-state index contributed by atoms with van der Waals surface area (Å²) >= 11 is 5.67. The first kappa shape index (κ1) is 13.9. The molecule has 0 radical (unpaired) electrons. The second-order valence-electron chi connectivity index (χ2n) is 2.77. The Hall–Kier alpha value is -1.13. The Bertz CT molecular complexity index is 301. The first-order chi connectivity index (χ1) is 7.06. The number of hydrogen-bond acceptors (Lipinski definition) is 2. The van der Waals surface area contributed by atoms with Crippen molar-refractivity contribution in [2.75, 3.05) is 0 Å². The summed E-state index contributed by atoms with van der Waals surface area (Å²) < 4.78 is 12.4. The molecule has 0 bridgehead atoms. The molecule has 0 unspecified atom stereocenters. The van der Waals surface area contributed by atoms with E-state index in [4.69, 9.17) is 16.8 Å². The number of aliphatic imine (C=N–C) groups is 1. The van der Waals surface area contributed by atoms with E-state index in [9.17, 15) is 4.39 Å². The Kier molecular flexibility index (Phi) is 7.58. The Labute approximate surface area is 93.6 Å². The summed E-state index contributed by atoms with van der Waals surface area (Å²) in [5.74, 6) is -0.249. The second kappa shape index (κ2) is 8.20. The maximum absolute atomic E-state index is 12.4. The van der Waals surface area contributed by atoms with Crippen molar-refractivity contribution in [2.24, 2.45) is 4.99 Å². The zero-order valence-corrected chi connectivity index (χ0v) is 9.42. The normalized spacial score (nSPS) is 14.9. The predicted octanol–water partition coefficient (Wildman–Crippen LogP) is 3.28. The summed E-state index contributed by atoms with van der Waals surface area (Å²) in [4.78, 5) is 3.84. The topological polar surface area (TPSA) is 44.6 Å². The van der Waals surface area contributed by atoms with E-state index in [1.807, 2.05) is 0 Å². The third kappa shape index (κ3) is 9.18. The molecule has 0 aliphatic carbocycles. The molecule has 0 amide bonds. The lowest BCUT2D eigenvalue weighted by Gasteiger charge is -1.94. The molecule has 2 N–H and O–H groups in total. The van der Waals surface area contributed by atoms with Crippen LogP contribution < -0.4 is 5.48 Å². The Morgan fingerprint density at radius 2 is 2.13 bits per heavy atom. The number of hydroxylamine groups is 1. The predicted molar refractivity (Wildman–Crippen MR) is 60.6 cm³/mol. The molecule has 0 atom stereocenters. The van der Waals surface area contributed by atoms with Gasteiger partial charge in [0.25, 0.3) is 0 Å². The Morgan fingerprint density at radius 3 is 2.60 bits per heavy atom. The molecule has 0 saturated carbocycles. The van der Waals surface area contributed by atoms with Gasteiger partial charge in [-0.25, -0.2) is 9.38 Å². The van der Waals surface area contributed by atoms with Crippen LogP contribution in [0.4, 0.5) is 4.39 Å². The van der Waals surface area contributed by atoms with Gasteiger partial charge in [0.1, 0.15) is 6.34 Å². The zero-order chi connectivity index (χ0) is 11.7. The van der Waals surface area contributed by atoms with Crippen LogP contribution >= 0.6 is 11.6 Å². The first-order valence-corrected chi connectivity index (χ1v) is 4.72. The van der Waals surface area contributed by atoms with Gasteiger partial charge in [-0.3, -0.25) is 10.7 Å². The van der Waals surface area contributed by atoms with Crippen molar-refractivity contribution < 1.29 is 9.60 Å². The average Bonchev–Trinajstić information content (AvgIpc) is 2.12. The molecule has 0 aliphatic rings. The third-order valence-corrected chi connectivity index (χ3v) is 1.45. The summed E-state index contributed by atoms with van der Waals surface area (Å²) in [6.07, 6.45) is 6.23. The van der Waals surface area contributed by atoms with Gasteiger partial charge in [-0.15, -0.1) is 0 Å². The highest BCUT2D eigenvalue weighted by molar-refractivity contribution is 6.29. The molecule has 0 fully saturated rings. The number of rotatable bonds is 5. The molecule has 0 aromatic heterocycles. The molecular weight excluding hydrogens is 219 g/mol. The van der Waals surface area contributed by atoms with Crippen LogP contribution in [-0.2, 0) is 0 Å². The highest BCUT2D eigenvalue weighted by Crippen LogP contribution is 2.09. The van der Waals surface area contributed by atoms with Gasteiger partial charge < -0.3 is 0 Å². The van der Waals surface area contributed by atoms with Gasteiger partial charge in [-0.05, 0) is 32.4 Å². The van der Waals surface area contributed by atoms with E-state index in [0.29, 0.717) is 17.2 Å².